The summed E-state index contributed by atoms with van der Waals surface area (Å²) in [5.74, 6) is 0.973. The Balaban J connectivity index is 2.20. The van der Waals surface area contributed by atoms with E-state index in [9.17, 15) is 0 Å². The van der Waals surface area contributed by atoms with Gasteiger partial charge < -0.3 is 14.8 Å². The van der Waals surface area contributed by atoms with E-state index in [2.05, 4.69) is 37.4 Å². The van der Waals surface area contributed by atoms with Crippen LogP contribution in [0, 0.1) is 0 Å². The zero-order valence-electron chi connectivity index (χ0n) is 11.6. The van der Waals surface area contributed by atoms with Crippen molar-refractivity contribution in [3.05, 3.63) is 29.3 Å². The Bertz CT molecular complexity index is 397. The van der Waals surface area contributed by atoms with Crippen LogP contribution < -0.4 is 10.1 Å². The highest BCUT2D eigenvalue weighted by molar-refractivity contribution is 5.38. The van der Waals surface area contributed by atoms with Crippen LogP contribution in [0.15, 0.2) is 18.2 Å². The van der Waals surface area contributed by atoms with Crippen LogP contribution in [0.5, 0.6) is 5.75 Å². The fourth-order valence-electron chi connectivity index (χ4n) is 2.50. The predicted octanol–water partition coefficient (Wildman–Crippen LogP) is 2.18. The van der Waals surface area contributed by atoms with Gasteiger partial charge in [-0.2, -0.15) is 0 Å². The maximum atomic E-state index is 5.58. The van der Waals surface area contributed by atoms with Gasteiger partial charge in [-0.15, -0.1) is 0 Å². The highest BCUT2D eigenvalue weighted by Crippen LogP contribution is 2.25. The molecule has 3 nitrogen and oxygen atoms in total. The van der Waals surface area contributed by atoms with E-state index >= 15 is 0 Å². The Hall–Kier alpha value is -1.06. The average molecular weight is 249 g/mol. The van der Waals surface area contributed by atoms with Crippen LogP contribution in [0.1, 0.15) is 25.0 Å². The fourth-order valence-corrected chi connectivity index (χ4v) is 2.50. The summed E-state index contributed by atoms with van der Waals surface area (Å²) in [7, 11) is 1.73. The first kappa shape index (κ1) is 13.4. The van der Waals surface area contributed by atoms with Gasteiger partial charge in [0.05, 0.1) is 20.3 Å². The predicted molar refractivity (Wildman–Crippen MR) is 73.3 cm³/mol. The minimum absolute atomic E-state index is 0.0118. The van der Waals surface area contributed by atoms with Crippen LogP contribution in [0.4, 0.5) is 0 Å². The molecular weight excluding hydrogens is 226 g/mol. The number of nitrogens with one attached hydrogen (secondary N) is 1. The summed E-state index contributed by atoms with van der Waals surface area (Å²) in [6.45, 7) is 6.88. The second-order valence-electron chi connectivity index (χ2n) is 5.22. The first-order valence-corrected chi connectivity index (χ1v) is 6.65. The van der Waals surface area contributed by atoms with Gasteiger partial charge in [0.25, 0.3) is 0 Å². The minimum atomic E-state index is 0.0118. The van der Waals surface area contributed by atoms with Gasteiger partial charge in [0.2, 0.25) is 0 Å². The first-order valence-electron chi connectivity index (χ1n) is 6.65. The van der Waals surface area contributed by atoms with Crippen molar-refractivity contribution in [3.63, 3.8) is 0 Å². The Morgan fingerprint density at radius 1 is 1.44 bits per heavy atom. The SMILES string of the molecule is CCc1ccc(OC)c(CC2(C)COCCN2)c1. The van der Waals surface area contributed by atoms with E-state index < -0.39 is 0 Å². The molecule has 100 valence electrons. The Morgan fingerprint density at radius 3 is 2.89 bits per heavy atom. The maximum absolute atomic E-state index is 5.58. The summed E-state index contributed by atoms with van der Waals surface area (Å²) in [6, 6.07) is 6.46. The first-order chi connectivity index (χ1) is 8.67. The molecule has 1 aromatic carbocycles. The molecule has 1 unspecified atom stereocenters. The molecule has 0 radical (unpaired) electrons. The largest absolute Gasteiger partial charge is 0.496 e. The fraction of sp³-hybridized carbons (Fsp3) is 0.600. The second kappa shape index (κ2) is 5.72. The Kier molecular flexibility index (Phi) is 4.25. The zero-order chi connectivity index (χ0) is 13.0. The lowest BCUT2D eigenvalue weighted by Gasteiger charge is -2.35. The molecule has 0 aliphatic carbocycles. The van der Waals surface area contributed by atoms with Crippen molar-refractivity contribution in [2.45, 2.75) is 32.2 Å². The van der Waals surface area contributed by atoms with Crippen molar-refractivity contribution in [2.24, 2.45) is 0 Å². The smallest absolute Gasteiger partial charge is 0.122 e. The second-order valence-corrected chi connectivity index (χ2v) is 5.22. The molecule has 1 saturated heterocycles. The molecule has 1 aliphatic heterocycles. The quantitative estimate of drug-likeness (QED) is 0.887. The number of morpholine rings is 1. The number of benzene rings is 1. The average Bonchev–Trinajstić information content (AvgIpc) is 2.39. The summed E-state index contributed by atoms with van der Waals surface area (Å²) in [6.07, 6.45) is 1.99. The lowest BCUT2D eigenvalue weighted by Crippen LogP contribution is -2.53. The molecule has 3 heteroatoms. The molecule has 0 bridgehead atoms. The van der Waals surface area contributed by atoms with Gasteiger partial charge in [-0.05, 0) is 37.0 Å². The maximum Gasteiger partial charge on any atom is 0.122 e. The van der Waals surface area contributed by atoms with E-state index in [4.69, 9.17) is 9.47 Å². The molecule has 18 heavy (non-hydrogen) atoms. The summed E-state index contributed by atoms with van der Waals surface area (Å²) >= 11 is 0. The van der Waals surface area contributed by atoms with Crippen LogP contribution in [0.25, 0.3) is 0 Å². The van der Waals surface area contributed by atoms with Crippen molar-refractivity contribution in [1.29, 1.82) is 0 Å². The van der Waals surface area contributed by atoms with Gasteiger partial charge in [-0.3, -0.25) is 0 Å². The number of ether oxygens (including phenoxy) is 2. The molecule has 1 heterocycles. The number of aryl methyl sites for hydroxylation is 1. The molecule has 0 saturated carbocycles. The van der Waals surface area contributed by atoms with Gasteiger partial charge in [0.15, 0.2) is 0 Å². The summed E-state index contributed by atoms with van der Waals surface area (Å²) in [5, 5.41) is 3.55. The molecule has 1 fully saturated rings. The number of hydrogen-bond donors (Lipinski definition) is 1. The van der Waals surface area contributed by atoms with Crippen LogP contribution in [0.2, 0.25) is 0 Å². The molecule has 1 aliphatic rings. The van der Waals surface area contributed by atoms with E-state index in [0.29, 0.717) is 0 Å². The molecule has 1 aromatic rings. The summed E-state index contributed by atoms with van der Waals surface area (Å²) in [5.41, 5.74) is 2.63. The molecule has 0 aromatic heterocycles. The lowest BCUT2D eigenvalue weighted by atomic mass is 9.91. The number of methoxy groups -OCH3 is 1. The van der Waals surface area contributed by atoms with Gasteiger partial charge in [-0.1, -0.05) is 19.1 Å². The van der Waals surface area contributed by atoms with Crippen LogP contribution >= 0.6 is 0 Å². The monoisotopic (exact) mass is 249 g/mol. The van der Waals surface area contributed by atoms with Gasteiger partial charge >= 0.3 is 0 Å². The minimum Gasteiger partial charge on any atom is -0.496 e. The number of hydrogen-bond acceptors (Lipinski definition) is 3. The van der Waals surface area contributed by atoms with Gasteiger partial charge in [-0.25, -0.2) is 0 Å². The third kappa shape index (κ3) is 3.03. The lowest BCUT2D eigenvalue weighted by molar-refractivity contribution is 0.0353. The van der Waals surface area contributed by atoms with Crippen molar-refractivity contribution in [1.82, 2.24) is 5.32 Å². The van der Waals surface area contributed by atoms with E-state index in [1.54, 1.807) is 7.11 Å². The molecular formula is C15H23NO2. The standard InChI is InChI=1S/C15H23NO2/c1-4-12-5-6-14(17-3)13(9-12)10-15(2)11-18-8-7-16-15/h5-6,9,16H,4,7-8,10-11H2,1-3H3. The van der Waals surface area contributed by atoms with Crippen LogP contribution in [-0.2, 0) is 17.6 Å². The van der Waals surface area contributed by atoms with Gasteiger partial charge in [0.1, 0.15) is 5.75 Å². The molecule has 1 N–H and O–H groups in total. The normalized spacial score (nSPS) is 23.9. The molecule has 0 amide bonds. The third-order valence-electron chi connectivity index (χ3n) is 3.55. The topological polar surface area (TPSA) is 30.5 Å². The van der Waals surface area contributed by atoms with E-state index in [-0.39, 0.29) is 5.54 Å². The number of rotatable bonds is 4. The molecule has 1 atom stereocenters. The van der Waals surface area contributed by atoms with Gasteiger partial charge in [0, 0.05) is 12.1 Å². The van der Waals surface area contributed by atoms with E-state index in [0.717, 1.165) is 38.3 Å². The highest BCUT2D eigenvalue weighted by Gasteiger charge is 2.28. The molecule has 0 spiro atoms. The van der Waals surface area contributed by atoms with Crippen molar-refractivity contribution >= 4 is 0 Å². The summed E-state index contributed by atoms with van der Waals surface area (Å²) < 4.78 is 11.0. The van der Waals surface area contributed by atoms with Crippen LogP contribution in [0.3, 0.4) is 0 Å². The Labute approximate surface area is 109 Å². The van der Waals surface area contributed by atoms with E-state index in [1.165, 1.54) is 11.1 Å². The van der Waals surface area contributed by atoms with E-state index in [1.807, 2.05) is 0 Å². The van der Waals surface area contributed by atoms with Crippen molar-refractivity contribution in [2.75, 3.05) is 26.9 Å². The Morgan fingerprint density at radius 2 is 2.28 bits per heavy atom. The third-order valence-corrected chi connectivity index (χ3v) is 3.55. The molecule has 2 rings (SSSR count). The zero-order valence-corrected chi connectivity index (χ0v) is 11.6. The van der Waals surface area contributed by atoms with Crippen molar-refractivity contribution in [3.8, 4) is 5.75 Å². The highest BCUT2D eigenvalue weighted by atomic mass is 16.5. The summed E-state index contributed by atoms with van der Waals surface area (Å²) in [4.78, 5) is 0. The van der Waals surface area contributed by atoms with Crippen molar-refractivity contribution < 1.29 is 9.47 Å². The van der Waals surface area contributed by atoms with Crippen LogP contribution in [-0.4, -0.2) is 32.4 Å².